The Morgan fingerprint density at radius 1 is 1.29 bits per heavy atom. The highest BCUT2D eigenvalue weighted by Crippen LogP contribution is 2.28. The summed E-state index contributed by atoms with van der Waals surface area (Å²) in [6.45, 7) is 2.91. The van der Waals surface area contributed by atoms with Crippen molar-refractivity contribution in [1.82, 2.24) is 5.32 Å². The van der Waals surface area contributed by atoms with Gasteiger partial charge in [-0.05, 0) is 36.5 Å². The Kier molecular flexibility index (Phi) is 5.20. The number of nitrogens with one attached hydrogen (secondary N) is 2. The van der Waals surface area contributed by atoms with Gasteiger partial charge in [0.25, 0.3) is 0 Å². The van der Waals surface area contributed by atoms with Gasteiger partial charge in [0.15, 0.2) is 0 Å². The normalized spacial score (nSPS) is 21.6. The Labute approximate surface area is 124 Å². The fourth-order valence-electron chi connectivity index (χ4n) is 2.83. The Bertz CT molecular complexity index is 516. The van der Waals surface area contributed by atoms with Gasteiger partial charge in [-0.15, -0.1) is 0 Å². The highest BCUT2D eigenvalue weighted by molar-refractivity contribution is 5.93. The van der Waals surface area contributed by atoms with Gasteiger partial charge < -0.3 is 15.7 Å². The summed E-state index contributed by atoms with van der Waals surface area (Å²) in [6, 6.07) is 5.95. The standard InChI is InChI=1S/C16H22N2O3/c1-11-5-2-3-6-13(11)10-17-16(21)18-14-8-4-7-12(9-14)15(19)20/h4,7-9,11,13H,2-3,5-6,10H2,1H3,(H,19,20)(H2,17,18,21). The van der Waals surface area contributed by atoms with Crippen LogP contribution < -0.4 is 10.6 Å². The quantitative estimate of drug-likeness (QED) is 0.795. The number of hydrogen-bond donors (Lipinski definition) is 3. The van der Waals surface area contributed by atoms with Crippen LogP contribution in [0, 0.1) is 11.8 Å². The molecule has 1 aromatic carbocycles. The lowest BCUT2D eigenvalue weighted by atomic mass is 9.80. The highest BCUT2D eigenvalue weighted by Gasteiger charge is 2.21. The van der Waals surface area contributed by atoms with Crippen molar-refractivity contribution >= 4 is 17.7 Å². The van der Waals surface area contributed by atoms with Crippen LogP contribution in [0.1, 0.15) is 43.0 Å². The number of benzene rings is 1. The average molecular weight is 290 g/mol. The molecule has 1 aromatic rings. The van der Waals surface area contributed by atoms with Crippen molar-refractivity contribution in [3.05, 3.63) is 29.8 Å². The molecule has 5 nitrogen and oxygen atoms in total. The minimum atomic E-state index is -1.00. The van der Waals surface area contributed by atoms with Crippen molar-refractivity contribution in [1.29, 1.82) is 0 Å². The Balaban J connectivity index is 1.84. The lowest BCUT2D eigenvalue weighted by molar-refractivity contribution is 0.0697. The lowest BCUT2D eigenvalue weighted by Crippen LogP contribution is -2.36. The Morgan fingerprint density at radius 3 is 2.76 bits per heavy atom. The van der Waals surface area contributed by atoms with Crippen LogP contribution in [-0.4, -0.2) is 23.7 Å². The first-order valence-corrected chi connectivity index (χ1v) is 7.44. The summed E-state index contributed by atoms with van der Waals surface area (Å²) in [5.41, 5.74) is 0.651. The molecule has 2 amide bonds. The number of amides is 2. The van der Waals surface area contributed by atoms with Crippen molar-refractivity contribution in [3.8, 4) is 0 Å². The highest BCUT2D eigenvalue weighted by atomic mass is 16.4. The monoisotopic (exact) mass is 290 g/mol. The molecule has 0 radical (unpaired) electrons. The van der Waals surface area contributed by atoms with E-state index in [4.69, 9.17) is 5.11 Å². The van der Waals surface area contributed by atoms with E-state index in [9.17, 15) is 9.59 Å². The van der Waals surface area contributed by atoms with Gasteiger partial charge in [-0.3, -0.25) is 0 Å². The Hall–Kier alpha value is -2.04. The topological polar surface area (TPSA) is 78.4 Å². The van der Waals surface area contributed by atoms with Crippen molar-refractivity contribution in [3.63, 3.8) is 0 Å². The van der Waals surface area contributed by atoms with E-state index < -0.39 is 5.97 Å². The van der Waals surface area contributed by atoms with Crippen LogP contribution in [0.5, 0.6) is 0 Å². The van der Waals surface area contributed by atoms with Crippen LogP contribution in [0.15, 0.2) is 24.3 Å². The fraction of sp³-hybridized carbons (Fsp3) is 0.500. The molecule has 2 unspecified atom stereocenters. The third-order valence-electron chi connectivity index (χ3n) is 4.18. The van der Waals surface area contributed by atoms with E-state index in [0.717, 1.165) is 6.42 Å². The molecule has 0 saturated heterocycles. The maximum Gasteiger partial charge on any atom is 0.335 e. The maximum absolute atomic E-state index is 11.9. The zero-order valence-corrected chi connectivity index (χ0v) is 12.3. The first-order chi connectivity index (χ1) is 10.1. The minimum Gasteiger partial charge on any atom is -0.478 e. The zero-order chi connectivity index (χ0) is 15.2. The molecular formula is C16H22N2O3. The van der Waals surface area contributed by atoms with E-state index in [0.29, 0.717) is 24.1 Å². The number of carbonyl (C=O) groups is 2. The molecule has 0 aliphatic heterocycles. The SMILES string of the molecule is CC1CCCCC1CNC(=O)Nc1cccc(C(=O)O)c1. The molecule has 3 N–H and O–H groups in total. The summed E-state index contributed by atoms with van der Waals surface area (Å²) in [7, 11) is 0. The predicted molar refractivity (Wildman–Crippen MR) is 81.5 cm³/mol. The fourth-order valence-corrected chi connectivity index (χ4v) is 2.83. The largest absolute Gasteiger partial charge is 0.478 e. The van der Waals surface area contributed by atoms with E-state index in [2.05, 4.69) is 17.6 Å². The number of aromatic carboxylic acids is 1. The molecule has 2 atom stereocenters. The van der Waals surface area contributed by atoms with Gasteiger partial charge in [0.1, 0.15) is 0 Å². The number of carboxylic acids is 1. The van der Waals surface area contributed by atoms with Gasteiger partial charge in [-0.25, -0.2) is 9.59 Å². The molecule has 5 heteroatoms. The molecule has 0 spiro atoms. The van der Waals surface area contributed by atoms with E-state index in [-0.39, 0.29) is 11.6 Å². The van der Waals surface area contributed by atoms with Crippen LogP contribution in [-0.2, 0) is 0 Å². The smallest absolute Gasteiger partial charge is 0.335 e. The summed E-state index contributed by atoms with van der Waals surface area (Å²) in [5.74, 6) is 0.180. The molecule has 1 aliphatic carbocycles. The number of hydrogen-bond acceptors (Lipinski definition) is 2. The van der Waals surface area contributed by atoms with Gasteiger partial charge in [-0.2, -0.15) is 0 Å². The minimum absolute atomic E-state index is 0.161. The van der Waals surface area contributed by atoms with Gasteiger partial charge in [0.05, 0.1) is 5.56 Å². The van der Waals surface area contributed by atoms with E-state index in [1.54, 1.807) is 12.1 Å². The van der Waals surface area contributed by atoms with Crippen molar-refractivity contribution in [2.24, 2.45) is 11.8 Å². The van der Waals surface area contributed by atoms with Gasteiger partial charge in [-0.1, -0.05) is 32.3 Å². The first kappa shape index (κ1) is 15.4. The second-order valence-corrected chi connectivity index (χ2v) is 5.74. The summed E-state index contributed by atoms with van der Waals surface area (Å²) < 4.78 is 0. The van der Waals surface area contributed by atoms with Gasteiger partial charge in [0, 0.05) is 12.2 Å². The molecule has 1 fully saturated rings. The number of carboxylic acid groups (broad SMARTS) is 1. The molecule has 1 saturated carbocycles. The number of anilines is 1. The summed E-state index contributed by atoms with van der Waals surface area (Å²) in [6.07, 6.45) is 4.91. The molecular weight excluding hydrogens is 268 g/mol. The molecule has 1 aliphatic rings. The second-order valence-electron chi connectivity index (χ2n) is 5.74. The lowest BCUT2D eigenvalue weighted by Gasteiger charge is -2.28. The van der Waals surface area contributed by atoms with Crippen LogP contribution in [0.4, 0.5) is 10.5 Å². The molecule has 0 aromatic heterocycles. The van der Waals surface area contributed by atoms with Crippen LogP contribution in [0.25, 0.3) is 0 Å². The first-order valence-electron chi connectivity index (χ1n) is 7.44. The maximum atomic E-state index is 11.9. The third-order valence-corrected chi connectivity index (χ3v) is 4.18. The molecule has 0 bridgehead atoms. The van der Waals surface area contributed by atoms with Crippen LogP contribution in [0.3, 0.4) is 0 Å². The summed E-state index contributed by atoms with van der Waals surface area (Å²) in [5, 5.41) is 14.5. The molecule has 21 heavy (non-hydrogen) atoms. The van der Waals surface area contributed by atoms with Crippen molar-refractivity contribution < 1.29 is 14.7 Å². The third kappa shape index (κ3) is 4.48. The van der Waals surface area contributed by atoms with Crippen molar-refractivity contribution in [2.75, 3.05) is 11.9 Å². The van der Waals surface area contributed by atoms with E-state index >= 15 is 0 Å². The van der Waals surface area contributed by atoms with Crippen LogP contribution in [0.2, 0.25) is 0 Å². The van der Waals surface area contributed by atoms with Crippen LogP contribution >= 0.6 is 0 Å². The molecule has 0 heterocycles. The zero-order valence-electron chi connectivity index (χ0n) is 12.3. The predicted octanol–water partition coefficient (Wildman–Crippen LogP) is 3.33. The Morgan fingerprint density at radius 2 is 2.05 bits per heavy atom. The average Bonchev–Trinajstić information content (AvgIpc) is 2.46. The summed E-state index contributed by atoms with van der Waals surface area (Å²) >= 11 is 0. The number of rotatable bonds is 4. The van der Waals surface area contributed by atoms with E-state index in [1.807, 2.05) is 0 Å². The van der Waals surface area contributed by atoms with E-state index in [1.165, 1.54) is 31.4 Å². The number of carbonyl (C=O) groups excluding carboxylic acids is 1. The van der Waals surface area contributed by atoms with Gasteiger partial charge >= 0.3 is 12.0 Å². The van der Waals surface area contributed by atoms with Gasteiger partial charge in [0.2, 0.25) is 0 Å². The second kappa shape index (κ2) is 7.11. The molecule has 114 valence electrons. The van der Waals surface area contributed by atoms with Crippen molar-refractivity contribution in [2.45, 2.75) is 32.6 Å². The summed E-state index contributed by atoms with van der Waals surface area (Å²) in [4.78, 5) is 22.8. The number of urea groups is 1. The molecule has 2 rings (SSSR count).